The van der Waals surface area contributed by atoms with Crippen LogP contribution in [0, 0.1) is 10.5 Å². The van der Waals surface area contributed by atoms with E-state index in [1.54, 1.807) is 0 Å². The molecular weight excluding hydrogens is 366 g/mol. The molecule has 0 aliphatic rings. The highest BCUT2D eigenvalue weighted by Gasteiger charge is 2.33. The monoisotopic (exact) mass is 375 g/mol. The van der Waals surface area contributed by atoms with Crippen molar-refractivity contribution in [2.24, 2.45) is 0 Å². The highest BCUT2D eigenvalue weighted by atomic mass is 127. The SMILES string of the molecule is COC(=O)Cc1cnc(OC(F)(F)F)c(C)c1I. The molecule has 0 saturated carbocycles. The Morgan fingerprint density at radius 2 is 2.11 bits per heavy atom. The number of alkyl halides is 3. The number of hydrogen-bond acceptors (Lipinski definition) is 4. The van der Waals surface area contributed by atoms with Crippen molar-refractivity contribution in [2.75, 3.05) is 7.11 Å². The third kappa shape index (κ3) is 4.00. The average Bonchev–Trinajstić information content (AvgIpc) is 2.27. The van der Waals surface area contributed by atoms with Gasteiger partial charge in [-0.25, -0.2) is 4.98 Å². The van der Waals surface area contributed by atoms with Crippen molar-refractivity contribution in [3.8, 4) is 5.88 Å². The van der Waals surface area contributed by atoms with Crippen molar-refractivity contribution in [1.82, 2.24) is 4.98 Å². The Hall–Kier alpha value is -1.06. The maximum absolute atomic E-state index is 12.1. The molecule has 0 aliphatic carbocycles. The van der Waals surface area contributed by atoms with Crippen LogP contribution < -0.4 is 4.74 Å². The second-order valence-corrected chi connectivity index (χ2v) is 4.41. The first-order valence-electron chi connectivity index (χ1n) is 4.71. The van der Waals surface area contributed by atoms with E-state index in [9.17, 15) is 18.0 Å². The van der Waals surface area contributed by atoms with E-state index >= 15 is 0 Å². The predicted molar refractivity (Wildman–Crippen MR) is 64.1 cm³/mol. The number of carbonyl (C=O) groups excluding carboxylic acids is 1. The number of rotatable bonds is 3. The molecule has 1 aromatic heterocycles. The number of ether oxygens (including phenoxy) is 2. The smallest absolute Gasteiger partial charge is 0.469 e. The zero-order valence-electron chi connectivity index (χ0n) is 9.47. The number of halogens is 4. The molecule has 0 unspecified atom stereocenters. The first-order chi connectivity index (χ1) is 8.24. The zero-order chi connectivity index (χ0) is 13.9. The average molecular weight is 375 g/mol. The molecule has 0 amide bonds. The van der Waals surface area contributed by atoms with Crippen LogP contribution in [0.1, 0.15) is 11.1 Å². The third-order valence-electron chi connectivity index (χ3n) is 2.04. The van der Waals surface area contributed by atoms with Gasteiger partial charge < -0.3 is 9.47 Å². The van der Waals surface area contributed by atoms with Gasteiger partial charge in [0.1, 0.15) is 0 Å². The summed E-state index contributed by atoms with van der Waals surface area (Å²) in [5.74, 6) is -1.00. The molecule has 0 spiro atoms. The highest BCUT2D eigenvalue weighted by molar-refractivity contribution is 14.1. The lowest BCUT2D eigenvalue weighted by atomic mass is 10.1. The van der Waals surface area contributed by atoms with Crippen molar-refractivity contribution in [2.45, 2.75) is 19.7 Å². The molecule has 18 heavy (non-hydrogen) atoms. The van der Waals surface area contributed by atoms with Crippen LogP contribution in [0.25, 0.3) is 0 Å². The molecule has 0 aromatic carbocycles. The fourth-order valence-electron chi connectivity index (χ4n) is 1.19. The summed E-state index contributed by atoms with van der Waals surface area (Å²) in [6.07, 6.45) is -3.66. The van der Waals surface area contributed by atoms with E-state index in [2.05, 4.69) is 14.5 Å². The molecule has 0 aliphatic heterocycles. The van der Waals surface area contributed by atoms with E-state index in [-0.39, 0.29) is 12.0 Å². The topological polar surface area (TPSA) is 48.4 Å². The van der Waals surface area contributed by atoms with Gasteiger partial charge in [-0.05, 0) is 35.1 Å². The Morgan fingerprint density at radius 3 is 2.61 bits per heavy atom. The molecule has 0 fully saturated rings. The molecule has 4 nitrogen and oxygen atoms in total. The van der Waals surface area contributed by atoms with E-state index in [1.165, 1.54) is 20.2 Å². The van der Waals surface area contributed by atoms with Gasteiger partial charge in [0.15, 0.2) is 0 Å². The minimum absolute atomic E-state index is 0.0467. The number of carbonyl (C=O) groups is 1. The molecule has 0 N–H and O–H groups in total. The van der Waals surface area contributed by atoms with E-state index in [4.69, 9.17) is 0 Å². The number of aromatic nitrogens is 1. The van der Waals surface area contributed by atoms with Crippen LogP contribution >= 0.6 is 22.6 Å². The Morgan fingerprint density at radius 1 is 1.50 bits per heavy atom. The summed E-state index contributed by atoms with van der Waals surface area (Å²) in [5, 5.41) is 0. The summed E-state index contributed by atoms with van der Waals surface area (Å²) < 4.78 is 45.0. The van der Waals surface area contributed by atoms with Gasteiger partial charge in [0.2, 0.25) is 5.88 Å². The molecule has 8 heteroatoms. The molecule has 0 saturated heterocycles. The summed E-state index contributed by atoms with van der Waals surface area (Å²) in [6, 6.07) is 0. The van der Waals surface area contributed by atoms with Gasteiger partial charge in [0.25, 0.3) is 0 Å². The molecule has 1 aromatic rings. The van der Waals surface area contributed by atoms with Crippen LogP contribution in [-0.4, -0.2) is 24.4 Å². The maximum Gasteiger partial charge on any atom is 0.574 e. The van der Waals surface area contributed by atoms with Crippen LogP contribution in [0.5, 0.6) is 5.88 Å². The number of hydrogen-bond donors (Lipinski definition) is 0. The van der Waals surface area contributed by atoms with Gasteiger partial charge in [0.05, 0.1) is 13.5 Å². The van der Waals surface area contributed by atoms with Crippen molar-refractivity contribution < 1.29 is 27.4 Å². The first-order valence-corrected chi connectivity index (χ1v) is 5.79. The molecular formula is C10H9F3INO3. The predicted octanol–water partition coefficient (Wildman–Crippen LogP) is 2.61. The van der Waals surface area contributed by atoms with Gasteiger partial charge >= 0.3 is 12.3 Å². The summed E-state index contributed by atoms with van der Waals surface area (Å²) in [7, 11) is 1.23. The van der Waals surface area contributed by atoms with Crippen LogP contribution in [0.2, 0.25) is 0 Å². The zero-order valence-corrected chi connectivity index (χ0v) is 11.6. The van der Waals surface area contributed by atoms with E-state index < -0.39 is 18.2 Å². The number of esters is 1. The molecule has 0 bridgehead atoms. The molecule has 1 rings (SSSR count). The second-order valence-electron chi connectivity index (χ2n) is 3.33. The quantitative estimate of drug-likeness (QED) is 0.602. The van der Waals surface area contributed by atoms with E-state index in [1.807, 2.05) is 22.6 Å². The van der Waals surface area contributed by atoms with E-state index in [0.717, 1.165) is 0 Å². The third-order valence-corrected chi connectivity index (χ3v) is 3.55. The molecule has 0 radical (unpaired) electrons. The van der Waals surface area contributed by atoms with Crippen LogP contribution in [0.15, 0.2) is 6.20 Å². The van der Waals surface area contributed by atoms with Gasteiger partial charge in [-0.15, -0.1) is 13.2 Å². The number of methoxy groups -OCH3 is 1. The lowest BCUT2D eigenvalue weighted by Crippen LogP contribution is -2.19. The number of pyridine rings is 1. The highest BCUT2D eigenvalue weighted by Crippen LogP contribution is 2.28. The summed E-state index contributed by atoms with van der Waals surface area (Å²) >= 11 is 1.84. The largest absolute Gasteiger partial charge is 0.574 e. The molecule has 100 valence electrons. The van der Waals surface area contributed by atoms with E-state index in [0.29, 0.717) is 9.13 Å². The first kappa shape index (κ1) is 15.0. The second kappa shape index (κ2) is 5.72. The Bertz CT molecular complexity index is 462. The van der Waals surface area contributed by atoms with Crippen molar-refractivity contribution in [3.05, 3.63) is 20.9 Å². The standard InChI is InChI=1S/C10H9F3INO3/c1-5-8(14)6(3-7(16)17-2)4-15-9(5)18-10(11,12)13/h4H,3H2,1-2H3. The number of nitrogens with zero attached hydrogens (tertiary/aromatic N) is 1. The molecule has 1 heterocycles. The summed E-state index contributed by atoms with van der Waals surface area (Å²) in [4.78, 5) is 14.7. The van der Waals surface area contributed by atoms with Gasteiger partial charge in [-0.3, -0.25) is 4.79 Å². The van der Waals surface area contributed by atoms with Crippen LogP contribution in [0.4, 0.5) is 13.2 Å². The Kier molecular flexibility index (Phi) is 4.77. The van der Waals surface area contributed by atoms with Crippen molar-refractivity contribution in [3.63, 3.8) is 0 Å². The molecule has 0 atom stereocenters. The lowest BCUT2D eigenvalue weighted by molar-refractivity contribution is -0.276. The fraction of sp³-hybridized carbons (Fsp3) is 0.400. The maximum atomic E-state index is 12.1. The van der Waals surface area contributed by atoms with Crippen molar-refractivity contribution in [1.29, 1.82) is 0 Å². The Labute approximate surface area is 115 Å². The minimum atomic E-state index is -4.79. The minimum Gasteiger partial charge on any atom is -0.469 e. The van der Waals surface area contributed by atoms with Crippen LogP contribution in [0.3, 0.4) is 0 Å². The summed E-state index contributed by atoms with van der Waals surface area (Å²) in [5.41, 5.74) is 0.726. The van der Waals surface area contributed by atoms with Gasteiger partial charge in [-0.2, -0.15) is 0 Å². The van der Waals surface area contributed by atoms with Gasteiger partial charge in [-0.1, -0.05) is 0 Å². The normalized spacial score (nSPS) is 11.2. The fourth-order valence-corrected chi connectivity index (χ4v) is 1.75. The van der Waals surface area contributed by atoms with Crippen LogP contribution in [-0.2, 0) is 16.0 Å². The van der Waals surface area contributed by atoms with Crippen molar-refractivity contribution >= 4 is 28.6 Å². The Balaban J connectivity index is 3.02. The van der Waals surface area contributed by atoms with Gasteiger partial charge in [0, 0.05) is 15.3 Å². The lowest BCUT2D eigenvalue weighted by Gasteiger charge is -2.13. The summed E-state index contributed by atoms with van der Waals surface area (Å²) in [6.45, 7) is 1.44.